The van der Waals surface area contributed by atoms with E-state index in [1.54, 1.807) is 23.1 Å². The van der Waals surface area contributed by atoms with Gasteiger partial charge in [-0.1, -0.05) is 41.6 Å². The van der Waals surface area contributed by atoms with Crippen molar-refractivity contribution in [2.24, 2.45) is 7.05 Å². The van der Waals surface area contributed by atoms with E-state index in [4.69, 9.17) is 9.72 Å². The smallest absolute Gasteiger partial charge is 0.191 e. The van der Waals surface area contributed by atoms with Gasteiger partial charge in [0.2, 0.25) is 0 Å². The van der Waals surface area contributed by atoms with Crippen molar-refractivity contribution in [1.82, 2.24) is 19.7 Å². The Morgan fingerprint density at radius 2 is 1.90 bits per heavy atom. The van der Waals surface area contributed by atoms with Gasteiger partial charge in [0.25, 0.3) is 0 Å². The summed E-state index contributed by atoms with van der Waals surface area (Å²) in [6.07, 6.45) is 0. The summed E-state index contributed by atoms with van der Waals surface area (Å²) in [7, 11) is 1.97. The molecule has 7 heteroatoms. The molecule has 2 heterocycles. The first-order valence-electron chi connectivity index (χ1n) is 9.72. The fourth-order valence-corrected chi connectivity index (χ4v) is 4.72. The van der Waals surface area contributed by atoms with Crippen molar-refractivity contribution in [2.45, 2.75) is 38.3 Å². The molecule has 0 aliphatic rings. The molecule has 4 aromatic rings. The van der Waals surface area contributed by atoms with Gasteiger partial charge in [-0.15, -0.1) is 21.5 Å². The molecule has 0 bridgehead atoms. The van der Waals surface area contributed by atoms with Crippen LogP contribution in [0.1, 0.15) is 28.2 Å². The molecule has 0 aliphatic carbocycles. The average Bonchev–Trinajstić information content (AvgIpc) is 3.34. The van der Waals surface area contributed by atoms with Gasteiger partial charge in [-0.2, -0.15) is 0 Å². The third-order valence-corrected chi connectivity index (χ3v) is 6.93. The maximum Gasteiger partial charge on any atom is 0.191 e. The Morgan fingerprint density at radius 1 is 1.03 bits per heavy atom. The van der Waals surface area contributed by atoms with E-state index in [0.717, 1.165) is 33.2 Å². The lowest BCUT2D eigenvalue weighted by atomic mass is 10.1. The zero-order chi connectivity index (χ0) is 21.1. The van der Waals surface area contributed by atoms with E-state index in [1.165, 1.54) is 22.3 Å². The number of aryl methyl sites for hydroxylation is 3. The molecule has 2 aromatic carbocycles. The number of nitrogens with zero attached hydrogens (tertiary/aromatic N) is 4. The zero-order valence-electron chi connectivity index (χ0n) is 17.5. The summed E-state index contributed by atoms with van der Waals surface area (Å²) in [5.41, 5.74) is 5.94. The molecule has 0 atom stereocenters. The summed E-state index contributed by atoms with van der Waals surface area (Å²) in [6, 6.07) is 14.6. The Labute approximate surface area is 185 Å². The van der Waals surface area contributed by atoms with Crippen LogP contribution in [-0.2, 0) is 19.4 Å². The number of hydrogen-bond donors (Lipinski definition) is 0. The molecule has 0 amide bonds. The summed E-state index contributed by atoms with van der Waals surface area (Å²) in [6.45, 7) is 6.67. The van der Waals surface area contributed by atoms with Gasteiger partial charge >= 0.3 is 0 Å². The first-order valence-corrected chi connectivity index (χ1v) is 11.6. The van der Waals surface area contributed by atoms with Crippen LogP contribution >= 0.6 is 23.1 Å². The summed E-state index contributed by atoms with van der Waals surface area (Å²) in [5, 5.41) is 12.6. The molecule has 0 N–H and O–H groups in total. The molecule has 0 saturated heterocycles. The van der Waals surface area contributed by atoms with Crippen LogP contribution in [0.4, 0.5) is 0 Å². The van der Waals surface area contributed by atoms with Gasteiger partial charge in [0.05, 0.1) is 5.69 Å². The van der Waals surface area contributed by atoms with Crippen LogP contribution in [0.2, 0.25) is 0 Å². The molecule has 30 heavy (non-hydrogen) atoms. The molecule has 0 radical (unpaired) electrons. The van der Waals surface area contributed by atoms with E-state index in [-0.39, 0.29) is 0 Å². The Bertz CT molecular complexity index is 1170. The third-order valence-electron chi connectivity index (χ3n) is 4.94. The molecule has 4 rings (SSSR count). The Balaban J connectivity index is 1.37. The monoisotopic (exact) mass is 436 g/mol. The van der Waals surface area contributed by atoms with Crippen molar-refractivity contribution < 1.29 is 4.74 Å². The molecule has 0 saturated carbocycles. The van der Waals surface area contributed by atoms with Gasteiger partial charge in [0.15, 0.2) is 11.0 Å². The molecule has 2 aromatic heterocycles. The highest BCUT2D eigenvalue weighted by atomic mass is 32.2. The van der Waals surface area contributed by atoms with Gasteiger partial charge < -0.3 is 9.30 Å². The van der Waals surface area contributed by atoms with E-state index >= 15 is 0 Å². The molecule has 0 fully saturated rings. The van der Waals surface area contributed by atoms with E-state index < -0.39 is 0 Å². The molecular formula is C23H24N4OS2. The number of thioether (sulfide) groups is 1. The molecule has 0 spiro atoms. The second-order valence-corrected chi connectivity index (χ2v) is 9.10. The number of aromatic nitrogens is 4. The van der Waals surface area contributed by atoms with Gasteiger partial charge in [-0.05, 0) is 50.1 Å². The van der Waals surface area contributed by atoms with Gasteiger partial charge in [-0.3, -0.25) is 0 Å². The fourth-order valence-electron chi connectivity index (χ4n) is 2.97. The highest BCUT2D eigenvalue weighted by molar-refractivity contribution is 7.98. The highest BCUT2D eigenvalue weighted by Crippen LogP contribution is 2.28. The predicted molar refractivity (Wildman–Crippen MR) is 123 cm³/mol. The summed E-state index contributed by atoms with van der Waals surface area (Å²) in [5.74, 6) is 2.41. The first-order chi connectivity index (χ1) is 14.5. The van der Waals surface area contributed by atoms with Crippen molar-refractivity contribution >= 4 is 23.1 Å². The standard InChI is InChI=1S/C23H24N4OS2/c1-15-6-5-7-18(10-15)22-24-19(13-29-22)14-30-23-26-25-21(27(23)4)12-28-20-9-8-16(2)17(3)11-20/h5-11,13H,12,14H2,1-4H3. The van der Waals surface area contributed by atoms with Crippen LogP contribution in [0.15, 0.2) is 53.0 Å². The summed E-state index contributed by atoms with van der Waals surface area (Å²) < 4.78 is 7.89. The highest BCUT2D eigenvalue weighted by Gasteiger charge is 2.12. The van der Waals surface area contributed by atoms with Crippen LogP contribution in [-0.4, -0.2) is 19.7 Å². The lowest BCUT2D eigenvalue weighted by molar-refractivity contribution is 0.290. The number of thiazole rings is 1. The van der Waals surface area contributed by atoms with E-state index in [9.17, 15) is 0 Å². The quantitative estimate of drug-likeness (QED) is 0.346. The molecule has 154 valence electrons. The lowest BCUT2D eigenvalue weighted by Gasteiger charge is -2.08. The largest absolute Gasteiger partial charge is 0.486 e. The van der Waals surface area contributed by atoms with Crippen LogP contribution < -0.4 is 4.74 Å². The zero-order valence-corrected chi connectivity index (χ0v) is 19.2. The van der Waals surface area contributed by atoms with Crippen LogP contribution in [0.5, 0.6) is 5.75 Å². The third kappa shape index (κ3) is 4.74. The van der Waals surface area contributed by atoms with Crippen LogP contribution in [0.3, 0.4) is 0 Å². The van der Waals surface area contributed by atoms with Crippen molar-refractivity contribution in [3.8, 4) is 16.3 Å². The van der Waals surface area contributed by atoms with Crippen molar-refractivity contribution in [2.75, 3.05) is 0 Å². The SMILES string of the molecule is Cc1cccc(-c2nc(CSc3nnc(COc4ccc(C)c(C)c4)n3C)cs2)c1. The van der Waals surface area contributed by atoms with E-state index in [0.29, 0.717) is 6.61 Å². The molecule has 5 nitrogen and oxygen atoms in total. The molecule has 0 unspecified atom stereocenters. The predicted octanol–water partition coefficient (Wildman–Crippen LogP) is 5.74. The van der Waals surface area contributed by atoms with E-state index in [2.05, 4.69) is 72.7 Å². The Morgan fingerprint density at radius 3 is 2.70 bits per heavy atom. The Kier molecular flexibility index (Phi) is 6.20. The van der Waals surface area contributed by atoms with Gasteiger partial charge in [0.1, 0.15) is 17.4 Å². The van der Waals surface area contributed by atoms with Crippen LogP contribution in [0.25, 0.3) is 10.6 Å². The van der Waals surface area contributed by atoms with Gasteiger partial charge in [0, 0.05) is 23.7 Å². The molecule has 0 aliphatic heterocycles. The molecular weight excluding hydrogens is 412 g/mol. The normalized spacial score (nSPS) is 11.1. The van der Waals surface area contributed by atoms with Gasteiger partial charge in [-0.25, -0.2) is 4.98 Å². The maximum absolute atomic E-state index is 5.90. The van der Waals surface area contributed by atoms with Crippen molar-refractivity contribution in [3.63, 3.8) is 0 Å². The minimum Gasteiger partial charge on any atom is -0.486 e. The topological polar surface area (TPSA) is 52.8 Å². The maximum atomic E-state index is 5.90. The van der Waals surface area contributed by atoms with Crippen molar-refractivity contribution in [1.29, 1.82) is 0 Å². The lowest BCUT2D eigenvalue weighted by Crippen LogP contribution is -2.04. The second-order valence-electron chi connectivity index (χ2n) is 7.29. The minimum absolute atomic E-state index is 0.390. The second kappa shape index (κ2) is 9.02. The number of benzene rings is 2. The Hall–Kier alpha value is -2.64. The minimum atomic E-state index is 0.390. The summed E-state index contributed by atoms with van der Waals surface area (Å²) >= 11 is 3.31. The van der Waals surface area contributed by atoms with Crippen LogP contribution in [0, 0.1) is 20.8 Å². The van der Waals surface area contributed by atoms with E-state index in [1.807, 2.05) is 17.7 Å². The van der Waals surface area contributed by atoms with Crippen molar-refractivity contribution in [3.05, 3.63) is 76.1 Å². The number of hydrogen-bond acceptors (Lipinski definition) is 6. The first kappa shape index (κ1) is 20.6. The fraction of sp³-hybridized carbons (Fsp3) is 0.261. The number of rotatable bonds is 7. The average molecular weight is 437 g/mol. The number of ether oxygens (including phenoxy) is 1. The summed E-state index contributed by atoms with van der Waals surface area (Å²) in [4.78, 5) is 4.78.